The van der Waals surface area contributed by atoms with Crippen LogP contribution in [-0.2, 0) is 4.79 Å². The zero-order valence-corrected chi connectivity index (χ0v) is 20.6. The number of likely N-dealkylation sites (tertiary alicyclic amines) is 1. The van der Waals surface area contributed by atoms with Gasteiger partial charge in [0.2, 0.25) is 5.91 Å². The average molecular weight is 485 g/mol. The standard InChI is InChI=1S/C28H32N6O2/c1-2-25(35)33(18-8-17-32-15-6-7-16-32)34-19-24(26-27(29)30-20-31-28(26)34)21-11-13-23(14-12-21)36-22-9-4-3-5-10-22/h3-5,9-14,19-20H,2,6-8,15-18H2,1H3,(H2,29,30,31). The van der Waals surface area contributed by atoms with Crippen molar-refractivity contribution in [3.63, 3.8) is 0 Å². The van der Waals surface area contributed by atoms with E-state index in [1.165, 1.54) is 19.2 Å². The monoisotopic (exact) mass is 484 g/mol. The first-order valence-corrected chi connectivity index (χ1v) is 12.6. The molecule has 8 nitrogen and oxygen atoms in total. The summed E-state index contributed by atoms with van der Waals surface area (Å²) >= 11 is 0. The largest absolute Gasteiger partial charge is 0.457 e. The van der Waals surface area contributed by atoms with Gasteiger partial charge in [0.05, 0.1) is 5.39 Å². The Bertz CT molecular complexity index is 1310. The van der Waals surface area contributed by atoms with Crippen molar-refractivity contribution in [2.45, 2.75) is 32.6 Å². The molecular formula is C28H32N6O2. The number of amides is 1. The van der Waals surface area contributed by atoms with Gasteiger partial charge in [-0.1, -0.05) is 37.3 Å². The van der Waals surface area contributed by atoms with Gasteiger partial charge < -0.3 is 15.4 Å². The van der Waals surface area contributed by atoms with Gasteiger partial charge in [0.25, 0.3) is 0 Å². The van der Waals surface area contributed by atoms with Gasteiger partial charge in [0.15, 0.2) is 5.65 Å². The summed E-state index contributed by atoms with van der Waals surface area (Å²) in [5, 5.41) is 2.53. The topological polar surface area (TPSA) is 89.5 Å². The molecule has 0 radical (unpaired) electrons. The second-order valence-electron chi connectivity index (χ2n) is 9.06. The lowest BCUT2D eigenvalue weighted by Crippen LogP contribution is -2.41. The first kappa shape index (κ1) is 23.8. The first-order valence-electron chi connectivity index (χ1n) is 12.6. The zero-order valence-electron chi connectivity index (χ0n) is 20.6. The van der Waals surface area contributed by atoms with E-state index in [9.17, 15) is 4.79 Å². The number of aromatic nitrogens is 3. The van der Waals surface area contributed by atoms with Gasteiger partial charge in [-0.2, -0.15) is 0 Å². The van der Waals surface area contributed by atoms with Crippen molar-refractivity contribution in [2.24, 2.45) is 0 Å². The molecule has 5 rings (SSSR count). The molecule has 0 unspecified atom stereocenters. The van der Waals surface area contributed by atoms with Gasteiger partial charge in [-0.25, -0.2) is 19.7 Å². The predicted molar refractivity (Wildman–Crippen MR) is 143 cm³/mol. The van der Waals surface area contributed by atoms with E-state index >= 15 is 0 Å². The fourth-order valence-corrected chi connectivity index (χ4v) is 4.79. The Morgan fingerprint density at radius 2 is 1.75 bits per heavy atom. The second-order valence-corrected chi connectivity index (χ2v) is 9.06. The van der Waals surface area contributed by atoms with Crippen molar-refractivity contribution >= 4 is 22.8 Å². The predicted octanol–water partition coefficient (Wildman–Crippen LogP) is 4.83. The summed E-state index contributed by atoms with van der Waals surface area (Å²) in [5.41, 5.74) is 8.79. The van der Waals surface area contributed by atoms with Crippen molar-refractivity contribution in [3.05, 3.63) is 67.1 Å². The Labute approximate surface area is 211 Å². The number of para-hydroxylation sites is 1. The summed E-state index contributed by atoms with van der Waals surface area (Å²) < 4.78 is 7.80. The highest BCUT2D eigenvalue weighted by Crippen LogP contribution is 2.34. The number of hydrogen-bond acceptors (Lipinski definition) is 6. The van der Waals surface area contributed by atoms with Crippen LogP contribution < -0.4 is 15.5 Å². The molecular weight excluding hydrogens is 452 g/mol. The normalized spacial score (nSPS) is 13.8. The molecule has 8 heteroatoms. The molecule has 0 saturated carbocycles. The van der Waals surface area contributed by atoms with Crippen LogP contribution in [0, 0.1) is 0 Å². The van der Waals surface area contributed by atoms with Crippen molar-refractivity contribution < 1.29 is 9.53 Å². The Morgan fingerprint density at radius 1 is 1.03 bits per heavy atom. The van der Waals surface area contributed by atoms with Crippen LogP contribution in [0.15, 0.2) is 67.1 Å². The SMILES string of the molecule is CCC(=O)N(CCCN1CCCC1)n1cc(-c2ccc(Oc3ccccc3)cc2)c2c(N)ncnc21. The lowest BCUT2D eigenvalue weighted by Gasteiger charge is -2.25. The highest BCUT2D eigenvalue weighted by Gasteiger charge is 2.22. The Hall–Kier alpha value is -3.91. The van der Waals surface area contributed by atoms with Gasteiger partial charge in [-0.05, 0) is 68.7 Å². The number of carbonyl (C=O) groups is 1. The van der Waals surface area contributed by atoms with Crippen molar-refractivity contribution in [3.8, 4) is 22.6 Å². The van der Waals surface area contributed by atoms with Crippen molar-refractivity contribution in [2.75, 3.05) is 36.9 Å². The lowest BCUT2D eigenvalue weighted by molar-refractivity contribution is -0.119. The molecule has 186 valence electrons. The third-order valence-electron chi connectivity index (χ3n) is 6.63. The molecule has 1 fully saturated rings. The maximum atomic E-state index is 13.0. The molecule has 1 aliphatic heterocycles. The minimum Gasteiger partial charge on any atom is -0.457 e. The number of rotatable bonds is 9. The number of fused-ring (bicyclic) bond motifs is 1. The Balaban J connectivity index is 1.46. The van der Waals surface area contributed by atoms with E-state index in [1.54, 1.807) is 5.01 Å². The van der Waals surface area contributed by atoms with E-state index in [0.29, 0.717) is 24.4 Å². The molecule has 2 aromatic carbocycles. The summed E-state index contributed by atoms with van der Waals surface area (Å²) in [6, 6.07) is 17.5. The van der Waals surface area contributed by atoms with Gasteiger partial charge >= 0.3 is 0 Å². The molecule has 2 aromatic heterocycles. The molecule has 3 heterocycles. The van der Waals surface area contributed by atoms with E-state index in [-0.39, 0.29) is 5.91 Å². The highest BCUT2D eigenvalue weighted by atomic mass is 16.5. The van der Waals surface area contributed by atoms with E-state index in [1.807, 2.05) is 72.4 Å². The second kappa shape index (κ2) is 10.8. The van der Waals surface area contributed by atoms with E-state index in [4.69, 9.17) is 10.5 Å². The fourth-order valence-electron chi connectivity index (χ4n) is 4.79. The number of ether oxygens (including phenoxy) is 1. The average Bonchev–Trinajstić information content (AvgIpc) is 3.56. The van der Waals surface area contributed by atoms with Gasteiger partial charge in [-0.15, -0.1) is 0 Å². The molecule has 1 aliphatic rings. The molecule has 36 heavy (non-hydrogen) atoms. The Morgan fingerprint density at radius 3 is 2.47 bits per heavy atom. The number of benzene rings is 2. The lowest BCUT2D eigenvalue weighted by atomic mass is 10.1. The van der Waals surface area contributed by atoms with Crippen LogP contribution in [0.3, 0.4) is 0 Å². The van der Waals surface area contributed by atoms with Gasteiger partial charge in [0, 0.05) is 24.7 Å². The van der Waals surface area contributed by atoms with E-state index in [2.05, 4.69) is 14.9 Å². The van der Waals surface area contributed by atoms with Gasteiger partial charge in [-0.3, -0.25) is 4.79 Å². The van der Waals surface area contributed by atoms with Crippen molar-refractivity contribution in [1.29, 1.82) is 0 Å². The Kier molecular flexibility index (Phi) is 7.13. The van der Waals surface area contributed by atoms with E-state index in [0.717, 1.165) is 54.1 Å². The molecule has 0 atom stereocenters. The maximum absolute atomic E-state index is 13.0. The number of carbonyl (C=O) groups excluding carboxylic acids is 1. The van der Waals surface area contributed by atoms with Crippen LogP contribution in [0.5, 0.6) is 11.5 Å². The molecule has 0 aliphatic carbocycles. The molecule has 0 bridgehead atoms. The summed E-state index contributed by atoms with van der Waals surface area (Å²) in [7, 11) is 0. The number of nitrogen functional groups attached to an aromatic ring is 1. The van der Waals surface area contributed by atoms with E-state index < -0.39 is 0 Å². The minimum absolute atomic E-state index is 0.0451. The highest BCUT2D eigenvalue weighted by molar-refractivity contribution is 6.02. The van der Waals surface area contributed by atoms with Crippen LogP contribution in [0.2, 0.25) is 0 Å². The third kappa shape index (κ3) is 5.04. The first-order chi connectivity index (χ1) is 17.6. The molecule has 2 N–H and O–H groups in total. The number of nitrogens with two attached hydrogens (primary N) is 1. The van der Waals surface area contributed by atoms with Crippen LogP contribution in [0.1, 0.15) is 32.6 Å². The van der Waals surface area contributed by atoms with Crippen LogP contribution in [0.4, 0.5) is 5.82 Å². The zero-order chi connectivity index (χ0) is 24.9. The number of nitrogens with zero attached hydrogens (tertiary/aromatic N) is 5. The number of hydrogen-bond donors (Lipinski definition) is 1. The molecule has 1 saturated heterocycles. The van der Waals surface area contributed by atoms with Gasteiger partial charge in [0.1, 0.15) is 23.6 Å². The van der Waals surface area contributed by atoms with Crippen molar-refractivity contribution in [1.82, 2.24) is 19.5 Å². The maximum Gasteiger partial charge on any atom is 0.241 e. The van der Waals surface area contributed by atoms with Crippen LogP contribution >= 0.6 is 0 Å². The minimum atomic E-state index is 0.0451. The summed E-state index contributed by atoms with van der Waals surface area (Å²) in [6.45, 7) is 5.77. The molecule has 4 aromatic rings. The summed E-state index contributed by atoms with van der Waals surface area (Å²) in [4.78, 5) is 24.3. The smallest absolute Gasteiger partial charge is 0.241 e. The van der Waals surface area contributed by atoms with Crippen LogP contribution in [0.25, 0.3) is 22.2 Å². The summed E-state index contributed by atoms with van der Waals surface area (Å²) in [6.07, 6.45) is 7.22. The third-order valence-corrected chi connectivity index (χ3v) is 6.63. The summed E-state index contributed by atoms with van der Waals surface area (Å²) in [5.74, 6) is 1.95. The fraction of sp³-hybridized carbons (Fsp3) is 0.321. The quantitative estimate of drug-likeness (QED) is 0.366. The molecule has 0 spiro atoms. The van der Waals surface area contributed by atoms with Crippen LogP contribution in [-0.4, -0.2) is 51.6 Å². The number of anilines is 1. The molecule has 1 amide bonds.